The quantitative estimate of drug-likeness (QED) is 0.294. The highest BCUT2D eigenvalue weighted by Crippen LogP contribution is 2.33. The Morgan fingerprint density at radius 2 is 1.91 bits per heavy atom. The van der Waals surface area contributed by atoms with Crippen LogP contribution in [-0.4, -0.2) is 94.4 Å². The molecule has 5 rings (SSSR count). The van der Waals surface area contributed by atoms with Gasteiger partial charge in [-0.1, -0.05) is 44.2 Å². The molecule has 15 heteroatoms. The van der Waals surface area contributed by atoms with Gasteiger partial charge in [-0.15, -0.1) is 11.3 Å². The predicted molar refractivity (Wildman–Crippen MR) is 163 cm³/mol. The van der Waals surface area contributed by atoms with Gasteiger partial charge in [-0.05, 0) is 42.5 Å². The molecule has 1 aromatic heterocycles. The largest absolute Gasteiger partial charge is 0.443 e. The maximum absolute atomic E-state index is 14.3. The summed E-state index contributed by atoms with van der Waals surface area (Å²) in [5, 5.41) is 14.1. The molecule has 0 radical (unpaired) electrons. The molecule has 44 heavy (non-hydrogen) atoms. The summed E-state index contributed by atoms with van der Waals surface area (Å²) in [6.45, 7) is 4.32. The van der Waals surface area contributed by atoms with Gasteiger partial charge in [0.2, 0.25) is 24.2 Å². The van der Waals surface area contributed by atoms with Crippen molar-refractivity contribution in [2.24, 2.45) is 11.8 Å². The minimum absolute atomic E-state index is 0.0485. The highest BCUT2D eigenvalue weighted by Gasteiger charge is 2.44. The number of fused-ring (bicyclic) bond motifs is 2. The number of alkyl carbamates (subject to hydrolysis) is 1. The number of sulfonamides is 1. The summed E-state index contributed by atoms with van der Waals surface area (Å²) >= 11 is 0.898. The minimum Gasteiger partial charge on any atom is -0.443 e. The highest BCUT2D eigenvalue weighted by atomic mass is 32.2. The average molecular weight is 668 g/mol. The van der Waals surface area contributed by atoms with Crippen molar-refractivity contribution in [3.63, 3.8) is 0 Å². The first kappa shape index (κ1) is 32.7. The highest BCUT2D eigenvalue weighted by molar-refractivity contribution is 7.92. The third kappa shape index (κ3) is 7.41. The number of amides is 1. The molecule has 0 saturated carbocycles. The van der Waals surface area contributed by atoms with Crippen LogP contribution in [-0.2, 0) is 40.5 Å². The molecule has 2 saturated heterocycles. The number of benzene rings is 2. The van der Waals surface area contributed by atoms with E-state index in [2.05, 4.69) is 10.3 Å². The van der Waals surface area contributed by atoms with Crippen LogP contribution in [0.3, 0.4) is 0 Å². The van der Waals surface area contributed by atoms with E-state index >= 15 is 0 Å². The summed E-state index contributed by atoms with van der Waals surface area (Å²) in [7, 11) is -7.79. The molecule has 5 atom stereocenters. The zero-order valence-electron chi connectivity index (χ0n) is 24.7. The zero-order valence-corrected chi connectivity index (χ0v) is 27.1. The fourth-order valence-electron chi connectivity index (χ4n) is 5.45. The number of nitrogens with zero attached hydrogens (tertiary/aromatic N) is 2. The number of nitrogens with one attached hydrogen (secondary N) is 1. The lowest BCUT2D eigenvalue weighted by Gasteiger charge is -2.35. The van der Waals surface area contributed by atoms with E-state index in [9.17, 15) is 26.7 Å². The van der Waals surface area contributed by atoms with Crippen LogP contribution in [0.4, 0.5) is 4.79 Å². The van der Waals surface area contributed by atoms with Gasteiger partial charge in [-0.3, -0.25) is 0 Å². The van der Waals surface area contributed by atoms with Gasteiger partial charge >= 0.3 is 6.09 Å². The van der Waals surface area contributed by atoms with E-state index in [0.29, 0.717) is 16.8 Å². The van der Waals surface area contributed by atoms with Crippen LogP contribution in [0.1, 0.15) is 25.8 Å². The van der Waals surface area contributed by atoms with Gasteiger partial charge in [0, 0.05) is 19.3 Å². The van der Waals surface area contributed by atoms with E-state index in [4.69, 9.17) is 14.2 Å². The van der Waals surface area contributed by atoms with Crippen molar-refractivity contribution in [2.75, 3.05) is 32.6 Å². The van der Waals surface area contributed by atoms with Gasteiger partial charge in [0.1, 0.15) is 6.10 Å². The monoisotopic (exact) mass is 667 g/mol. The van der Waals surface area contributed by atoms with Crippen molar-refractivity contribution in [3.8, 4) is 0 Å². The Hall–Kier alpha value is -2.66. The second-order valence-corrected chi connectivity index (χ2v) is 16.6. The molecule has 12 nitrogen and oxygen atoms in total. The number of carbonyl (C=O) groups is 1. The molecule has 2 aromatic carbocycles. The number of carbonyl (C=O) groups excluding carboxylic acids is 1. The van der Waals surface area contributed by atoms with Gasteiger partial charge in [0.05, 0.1) is 46.4 Å². The Bertz CT molecular complexity index is 1680. The number of hydrogen-bond donors (Lipinski definition) is 2. The lowest BCUT2D eigenvalue weighted by atomic mass is 10.0. The zero-order chi connectivity index (χ0) is 31.6. The van der Waals surface area contributed by atoms with E-state index in [1.807, 2.05) is 44.2 Å². The fourth-order valence-corrected chi connectivity index (χ4v) is 9.24. The summed E-state index contributed by atoms with van der Waals surface area (Å²) in [6.07, 6.45) is -0.957. The van der Waals surface area contributed by atoms with Gasteiger partial charge in [-0.2, -0.15) is 4.31 Å². The van der Waals surface area contributed by atoms with E-state index in [1.54, 1.807) is 0 Å². The van der Waals surface area contributed by atoms with Crippen molar-refractivity contribution in [3.05, 3.63) is 54.1 Å². The number of aliphatic hydroxyl groups excluding tert-OH is 1. The minimum atomic E-state index is -4.22. The molecule has 240 valence electrons. The third-order valence-electron chi connectivity index (χ3n) is 7.61. The summed E-state index contributed by atoms with van der Waals surface area (Å²) in [5.41, 5.74) is 1.17. The number of hydrogen-bond acceptors (Lipinski definition) is 11. The van der Waals surface area contributed by atoms with Crippen LogP contribution in [0.25, 0.3) is 10.2 Å². The molecule has 3 aromatic rings. The van der Waals surface area contributed by atoms with Gasteiger partial charge in [-0.25, -0.2) is 26.6 Å². The van der Waals surface area contributed by atoms with Crippen LogP contribution in [0, 0.1) is 11.8 Å². The number of ether oxygens (including phenoxy) is 3. The molecule has 2 fully saturated rings. The second-order valence-electron chi connectivity index (χ2n) is 11.5. The molecule has 2 N–H and O–H groups in total. The predicted octanol–water partition coefficient (Wildman–Crippen LogP) is 2.81. The average Bonchev–Trinajstić information content (AvgIpc) is 3.71. The maximum atomic E-state index is 14.3. The summed E-state index contributed by atoms with van der Waals surface area (Å²) in [5.74, 6) is -0.159. The standard InChI is InChI=1S/C29H37N3O9S3/c1-18(2)16-32(44(37,38)20-9-10-22-26(14-20)42-29(31-22)43(3,35)36)23(13-19-7-5-4-6-8-19)24(33)15-30-28(34)41-25-17-40-27-21(25)11-12-39-27/h4-10,14,18,21,23-25,27,33H,11-13,15-17H2,1-3H3,(H,30,34). The molecule has 3 heterocycles. The first-order chi connectivity index (χ1) is 20.8. The molecule has 0 aliphatic carbocycles. The van der Waals surface area contributed by atoms with E-state index in [0.717, 1.165) is 29.6 Å². The van der Waals surface area contributed by atoms with Gasteiger partial charge in [0.15, 0.2) is 6.29 Å². The molecular formula is C29H37N3O9S3. The first-order valence-electron chi connectivity index (χ1n) is 14.3. The van der Waals surface area contributed by atoms with Gasteiger partial charge < -0.3 is 24.6 Å². The fraction of sp³-hybridized carbons (Fsp3) is 0.517. The van der Waals surface area contributed by atoms with Crippen LogP contribution >= 0.6 is 11.3 Å². The normalized spacial score (nSPS) is 21.9. The molecule has 1 amide bonds. The summed E-state index contributed by atoms with van der Waals surface area (Å²) in [6, 6.07) is 12.5. The van der Waals surface area contributed by atoms with E-state index in [-0.39, 0.29) is 53.5 Å². The topological polar surface area (TPSA) is 161 Å². The summed E-state index contributed by atoms with van der Waals surface area (Å²) in [4.78, 5) is 16.8. The number of aromatic nitrogens is 1. The Balaban J connectivity index is 1.41. The van der Waals surface area contributed by atoms with Crippen molar-refractivity contribution >= 4 is 47.5 Å². The van der Waals surface area contributed by atoms with Gasteiger partial charge in [0.25, 0.3) is 0 Å². The first-order valence-corrected chi connectivity index (χ1v) is 18.5. The van der Waals surface area contributed by atoms with Crippen molar-refractivity contribution in [1.29, 1.82) is 0 Å². The van der Waals surface area contributed by atoms with Crippen LogP contribution < -0.4 is 5.32 Å². The Labute approximate surface area is 261 Å². The number of aliphatic hydroxyl groups is 1. The molecule has 2 aliphatic heterocycles. The lowest BCUT2D eigenvalue weighted by molar-refractivity contribution is -0.0907. The van der Waals surface area contributed by atoms with E-state index in [1.165, 1.54) is 22.5 Å². The van der Waals surface area contributed by atoms with Crippen molar-refractivity contribution < 1.29 is 40.9 Å². The number of thiazole rings is 1. The summed E-state index contributed by atoms with van der Waals surface area (Å²) < 4.78 is 70.8. The molecular weight excluding hydrogens is 631 g/mol. The number of sulfone groups is 1. The maximum Gasteiger partial charge on any atom is 0.407 e. The lowest BCUT2D eigenvalue weighted by Crippen LogP contribution is -2.53. The Morgan fingerprint density at radius 1 is 1.16 bits per heavy atom. The van der Waals surface area contributed by atoms with Crippen LogP contribution in [0.15, 0.2) is 57.8 Å². The Kier molecular flexibility index (Phi) is 9.94. The Morgan fingerprint density at radius 3 is 2.61 bits per heavy atom. The van der Waals surface area contributed by atoms with E-state index < -0.39 is 44.2 Å². The SMILES string of the molecule is CC(C)CN(C(Cc1ccccc1)C(O)CNC(=O)OC1COC2OCCC12)S(=O)(=O)c1ccc2nc(S(C)(=O)=O)sc2c1. The molecule has 5 unspecified atom stereocenters. The smallest absolute Gasteiger partial charge is 0.407 e. The van der Waals surface area contributed by atoms with Crippen molar-refractivity contribution in [1.82, 2.24) is 14.6 Å². The van der Waals surface area contributed by atoms with Crippen molar-refractivity contribution in [2.45, 2.75) is 60.5 Å². The third-order valence-corrected chi connectivity index (χ3v) is 12.2. The van der Waals surface area contributed by atoms with Crippen LogP contribution in [0.5, 0.6) is 0 Å². The molecule has 2 aliphatic rings. The second kappa shape index (κ2) is 13.4. The molecule has 0 bridgehead atoms. The van der Waals surface area contributed by atoms with Crippen LogP contribution in [0.2, 0.25) is 0 Å². The molecule has 0 spiro atoms. The number of rotatable bonds is 12.